The molecule has 5 atom stereocenters. The predicted octanol–water partition coefficient (Wildman–Crippen LogP) is 7.54. The number of anilines is 1. The van der Waals surface area contributed by atoms with Crippen molar-refractivity contribution in [1.82, 2.24) is 20.2 Å². The summed E-state index contributed by atoms with van der Waals surface area (Å²) >= 11 is 0. The number of benzene rings is 2. The van der Waals surface area contributed by atoms with Crippen LogP contribution in [0.15, 0.2) is 30.3 Å². The summed E-state index contributed by atoms with van der Waals surface area (Å²) in [7, 11) is 1.74. The van der Waals surface area contributed by atoms with Crippen LogP contribution in [0.25, 0.3) is 32.9 Å². The summed E-state index contributed by atoms with van der Waals surface area (Å²) in [6, 6.07) is 8.06. The van der Waals surface area contributed by atoms with Gasteiger partial charge in [0.25, 0.3) is 5.69 Å². The highest BCUT2D eigenvalue weighted by Crippen LogP contribution is 2.57. The standard InChI is InChI=1S/C39H38F11N6O2/c1-19-24(40)9-7-20-5-3-6-23(28(19)20)32-30(41)31-29-27(54(32)2)12-11-26-25-10-8-21(51-25)16-56(26)33(29)53-34(52-31)57-18-35-13-4-14-55(35)17-22(15-35)58-36(37(42,43)44,38(45,46)47)39(48,49)50/h3,5-7,9,21-22,25-26,51H,4,8,10-18H2,1-2H3/q+1/t21-,22-,25+,26-,35+/m1/s1. The highest BCUT2D eigenvalue weighted by atomic mass is 19.4. The molecule has 8 nitrogen and oxygen atoms in total. The molecule has 0 unspecified atom stereocenters. The van der Waals surface area contributed by atoms with Crippen molar-refractivity contribution in [3.8, 4) is 17.3 Å². The second kappa shape index (κ2) is 13.2. The van der Waals surface area contributed by atoms with Crippen LogP contribution in [-0.2, 0) is 18.2 Å². The van der Waals surface area contributed by atoms with Crippen LogP contribution in [0.3, 0.4) is 0 Å². The summed E-state index contributed by atoms with van der Waals surface area (Å²) < 4.78 is 169. The quantitative estimate of drug-likeness (QED) is 0.159. The highest BCUT2D eigenvalue weighted by molar-refractivity contribution is 6.00. The Kier molecular flexibility index (Phi) is 8.96. The first-order chi connectivity index (χ1) is 27.2. The molecule has 2 bridgehead atoms. The predicted molar refractivity (Wildman–Crippen MR) is 187 cm³/mol. The van der Waals surface area contributed by atoms with Gasteiger partial charge < -0.3 is 19.7 Å². The van der Waals surface area contributed by atoms with Gasteiger partial charge >= 0.3 is 30.1 Å². The molecule has 4 fully saturated rings. The van der Waals surface area contributed by atoms with E-state index in [1.807, 2.05) is 0 Å². The number of aryl methyl sites for hydroxylation is 2. The van der Waals surface area contributed by atoms with Gasteiger partial charge in [-0.1, -0.05) is 18.2 Å². The Morgan fingerprint density at radius 3 is 2.38 bits per heavy atom. The number of hydrogen-bond acceptors (Lipinski definition) is 7. The number of aromatic nitrogens is 3. The fraction of sp³-hybridized carbons (Fsp3) is 0.564. The van der Waals surface area contributed by atoms with E-state index in [2.05, 4.69) is 19.9 Å². The molecule has 1 N–H and O–H groups in total. The molecule has 5 aliphatic rings. The number of alkyl halides is 9. The molecule has 2 aromatic carbocycles. The third-order valence-electron chi connectivity index (χ3n) is 13.1. The van der Waals surface area contributed by atoms with Crippen LogP contribution in [0.2, 0.25) is 0 Å². The van der Waals surface area contributed by atoms with Crippen molar-refractivity contribution in [2.75, 3.05) is 31.1 Å². The van der Waals surface area contributed by atoms with Gasteiger partial charge in [-0.25, -0.2) is 4.39 Å². The molecule has 0 spiro atoms. The Labute approximate surface area is 324 Å². The van der Waals surface area contributed by atoms with Gasteiger partial charge in [0.05, 0.1) is 17.2 Å². The average Bonchev–Trinajstić information content (AvgIpc) is 3.78. The Morgan fingerprint density at radius 2 is 1.66 bits per heavy atom. The number of rotatable bonds is 6. The first kappa shape index (κ1) is 39.4. The number of fused-ring (bicyclic) bond motifs is 7. The molecule has 312 valence electrons. The van der Waals surface area contributed by atoms with Gasteiger partial charge in [0, 0.05) is 43.0 Å². The first-order valence-electron chi connectivity index (χ1n) is 19.1. The zero-order valence-electron chi connectivity index (χ0n) is 31.2. The van der Waals surface area contributed by atoms with Crippen molar-refractivity contribution in [2.45, 2.75) is 106 Å². The average molecular weight is 832 g/mol. The third kappa shape index (κ3) is 5.75. The molecule has 58 heavy (non-hydrogen) atoms. The second-order valence-electron chi connectivity index (χ2n) is 16.3. The van der Waals surface area contributed by atoms with E-state index in [9.17, 15) is 39.5 Å². The monoisotopic (exact) mass is 831 g/mol. The molecule has 4 aromatic rings. The molecule has 0 saturated carbocycles. The normalized spacial score (nSPS) is 26.4. The van der Waals surface area contributed by atoms with E-state index in [1.165, 1.54) is 11.0 Å². The van der Waals surface area contributed by atoms with Crippen LogP contribution in [0, 0.1) is 18.6 Å². The van der Waals surface area contributed by atoms with E-state index in [0.29, 0.717) is 58.9 Å². The fourth-order valence-corrected chi connectivity index (χ4v) is 10.5. The zero-order valence-corrected chi connectivity index (χ0v) is 31.2. The summed E-state index contributed by atoms with van der Waals surface area (Å²) in [6.45, 7) is 1.22. The number of nitrogens with one attached hydrogen (secondary N) is 1. The van der Waals surface area contributed by atoms with Gasteiger partial charge in [-0.3, -0.25) is 4.90 Å². The minimum atomic E-state index is -6.86. The highest BCUT2D eigenvalue weighted by Gasteiger charge is 2.86. The van der Waals surface area contributed by atoms with Crippen molar-refractivity contribution in [1.29, 1.82) is 0 Å². The molecule has 9 rings (SSSR count). The number of hydrogen-bond donors (Lipinski definition) is 1. The van der Waals surface area contributed by atoms with E-state index in [0.717, 1.165) is 18.5 Å². The molecule has 5 aliphatic heterocycles. The van der Waals surface area contributed by atoms with E-state index in [4.69, 9.17) is 9.72 Å². The van der Waals surface area contributed by atoms with Crippen molar-refractivity contribution in [2.24, 2.45) is 7.05 Å². The minimum Gasteiger partial charge on any atom is -0.461 e. The number of halogens is 11. The molecule has 0 aliphatic carbocycles. The van der Waals surface area contributed by atoms with Crippen molar-refractivity contribution in [3.05, 3.63) is 53.2 Å². The van der Waals surface area contributed by atoms with Gasteiger partial charge in [-0.05, 0) is 75.1 Å². The third-order valence-corrected chi connectivity index (χ3v) is 13.1. The van der Waals surface area contributed by atoms with Crippen LogP contribution in [0.1, 0.15) is 49.8 Å². The summed E-state index contributed by atoms with van der Waals surface area (Å²) in [5.74, 6) is -0.821. The molecule has 4 saturated heterocycles. The number of nitrogens with zero attached hydrogens (tertiary/aromatic N) is 5. The van der Waals surface area contributed by atoms with Gasteiger partial charge in [0.15, 0.2) is 11.5 Å². The van der Waals surface area contributed by atoms with Gasteiger partial charge in [-0.2, -0.15) is 58.4 Å². The van der Waals surface area contributed by atoms with Crippen LogP contribution in [0.4, 0.5) is 54.1 Å². The van der Waals surface area contributed by atoms with Crippen LogP contribution < -0.4 is 19.5 Å². The lowest BCUT2D eigenvalue weighted by Crippen LogP contribution is -2.68. The zero-order chi connectivity index (χ0) is 41.3. The second-order valence-corrected chi connectivity index (χ2v) is 16.3. The summed E-state index contributed by atoms with van der Waals surface area (Å²) in [5.41, 5.74) is -6.23. The number of piperazine rings is 1. The summed E-state index contributed by atoms with van der Waals surface area (Å²) in [6.07, 6.45) is -19.8. The van der Waals surface area contributed by atoms with Crippen LogP contribution >= 0.6 is 0 Å². The molecule has 0 amide bonds. The summed E-state index contributed by atoms with van der Waals surface area (Å²) in [4.78, 5) is 13.0. The molecular weight excluding hydrogens is 793 g/mol. The maximum Gasteiger partial charge on any atom is 0.435 e. The summed E-state index contributed by atoms with van der Waals surface area (Å²) in [5, 5.41) is 5.30. The van der Waals surface area contributed by atoms with Crippen LogP contribution in [-0.4, -0.2) is 95.0 Å². The van der Waals surface area contributed by atoms with Gasteiger partial charge in [0.1, 0.15) is 30.4 Å². The molecular formula is C39H38F11N6O2+. The minimum absolute atomic E-state index is 0.0506. The largest absolute Gasteiger partial charge is 0.461 e. The molecule has 19 heteroatoms. The van der Waals surface area contributed by atoms with Crippen LogP contribution in [0.5, 0.6) is 6.01 Å². The SMILES string of the molecule is Cc1c(F)ccc2cccc(-c3c(F)c4nc(OC[C@@]56CCCN5C[C@H](OC(C(F)(F)F)(C(F)(F)F)C(F)(F)F)C6)nc5c4c([n+]3C)CC[C@@H]3[C@@H]4CC[C@H](CN53)N4)c12. The smallest absolute Gasteiger partial charge is 0.435 e. The molecule has 0 radical (unpaired) electrons. The van der Waals surface area contributed by atoms with E-state index in [1.54, 1.807) is 42.8 Å². The van der Waals surface area contributed by atoms with Crippen molar-refractivity contribution < 1.29 is 62.3 Å². The van der Waals surface area contributed by atoms with E-state index < -0.39 is 67.0 Å². The van der Waals surface area contributed by atoms with Gasteiger partial charge in [-0.15, -0.1) is 0 Å². The Bertz CT molecular complexity index is 2280. The maximum atomic E-state index is 17.5. The topological polar surface area (TPSA) is 66.6 Å². The Morgan fingerprint density at radius 1 is 0.914 bits per heavy atom. The Balaban J connectivity index is 1.14. The number of ether oxygens (including phenoxy) is 2. The molecule has 7 heterocycles. The fourth-order valence-electron chi connectivity index (χ4n) is 10.5. The Hall–Kier alpha value is -4.10. The lowest BCUT2D eigenvalue weighted by molar-refractivity contribution is -0.667. The lowest BCUT2D eigenvalue weighted by atomic mass is 9.93. The first-order valence-corrected chi connectivity index (χ1v) is 19.1. The van der Waals surface area contributed by atoms with Gasteiger partial charge in [0.2, 0.25) is 5.82 Å². The molecule has 2 aromatic heterocycles. The van der Waals surface area contributed by atoms with E-state index >= 15 is 8.78 Å². The van der Waals surface area contributed by atoms with E-state index in [-0.39, 0.29) is 48.3 Å². The van der Waals surface area contributed by atoms with Crippen molar-refractivity contribution in [3.63, 3.8) is 0 Å². The lowest BCUT2D eigenvalue weighted by Gasteiger charge is -2.41. The van der Waals surface area contributed by atoms with Crippen molar-refractivity contribution >= 4 is 27.5 Å². The number of pyridine rings is 1. The maximum absolute atomic E-state index is 17.5.